The van der Waals surface area contributed by atoms with Gasteiger partial charge in [-0.2, -0.15) is 0 Å². The number of esters is 1. The molecule has 0 aliphatic carbocycles. The summed E-state index contributed by atoms with van der Waals surface area (Å²) < 4.78 is 39.9. The third kappa shape index (κ3) is 2.86. The topological polar surface area (TPSA) is 60.8 Å². The Hall–Kier alpha value is -2.48. The number of aromatic nitrogens is 1. The number of hydrogen-bond donors (Lipinski definition) is 0. The minimum absolute atomic E-state index is 0.0550. The predicted molar refractivity (Wildman–Crippen MR) is 87.4 cm³/mol. The fourth-order valence-electron chi connectivity index (χ4n) is 2.97. The van der Waals surface area contributed by atoms with E-state index >= 15 is 0 Å². The number of hydrogen-bond acceptors (Lipinski definition) is 5. The molecule has 0 spiro atoms. The van der Waals surface area contributed by atoms with Crippen LogP contribution in [-0.4, -0.2) is 37.1 Å². The lowest BCUT2D eigenvalue weighted by atomic mass is 10.0. The van der Waals surface area contributed by atoms with Crippen LogP contribution in [0.25, 0.3) is 10.9 Å². The van der Waals surface area contributed by atoms with E-state index in [4.69, 9.17) is 9.47 Å². The van der Waals surface area contributed by atoms with Crippen molar-refractivity contribution in [2.75, 3.05) is 31.5 Å². The third-order valence-corrected chi connectivity index (χ3v) is 4.12. The first-order valence-electron chi connectivity index (χ1n) is 8.05. The van der Waals surface area contributed by atoms with Gasteiger partial charge >= 0.3 is 5.97 Å². The van der Waals surface area contributed by atoms with Crippen molar-refractivity contribution in [3.8, 4) is 0 Å². The molecule has 1 aromatic heterocycles. The lowest BCUT2D eigenvalue weighted by Crippen LogP contribution is -2.43. The Morgan fingerprint density at radius 3 is 2.72 bits per heavy atom. The van der Waals surface area contributed by atoms with Crippen molar-refractivity contribution in [2.24, 2.45) is 0 Å². The normalized spacial score (nSPS) is 13.4. The Kier molecular flexibility index (Phi) is 4.71. The lowest BCUT2D eigenvalue weighted by molar-refractivity contribution is 0.0523. The molecular formula is C17H18F2N2O4. The van der Waals surface area contributed by atoms with Crippen LogP contribution in [0.1, 0.15) is 29.8 Å². The first kappa shape index (κ1) is 17.3. The highest BCUT2D eigenvalue weighted by Crippen LogP contribution is 2.27. The molecule has 0 radical (unpaired) electrons. The van der Waals surface area contributed by atoms with Gasteiger partial charge in [0, 0.05) is 24.9 Å². The van der Waals surface area contributed by atoms with Gasteiger partial charge in [0.05, 0.1) is 17.5 Å². The highest BCUT2D eigenvalue weighted by atomic mass is 19.2. The maximum atomic E-state index is 14.2. The summed E-state index contributed by atoms with van der Waals surface area (Å²) in [6.45, 7) is 4.56. The molecule has 6 nitrogen and oxygen atoms in total. The number of carbonyl (C=O) groups excluding carboxylic acids is 1. The molecule has 0 saturated heterocycles. The molecule has 0 fully saturated rings. The molecule has 134 valence electrons. The van der Waals surface area contributed by atoms with Gasteiger partial charge in [0.1, 0.15) is 12.3 Å². The first-order valence-corrected chi connectivity index (χ1v) is 8.05. The summed E-state index contributed by atoms with van der Waals surface area (Å²) in [6, 6.07) is 0.833. The molecular weight excluding hydrogens is 334 g/mol. The van der Waals surface area contributed by atoms with Crippen LogP contribution < -0.4 is 10.4 Å². The van der Waals surface area contributed by atoms with Crippen LogP contribution in [0.2, 0.25) is 0 Å². The van der Waals surface area contributed by atoms with Crippen LogP contribution in [0.5, 0.6) is 0 Å². The van der Waals surface area contributed by atoms with Crippen molar-refractivity contribution >= 4 is 16.9 Å². The average molecular weight is 352 g/mol. The maximum Gasteiger partial charge on any atom is 0.343 e. The summed E-state index contributed by atoms with van der Waals surface area (Å²) in [4.78, 5) is 24.7. The average Bonchev–Trinajstić information content (AvgIpc) is 2.60. The molecule has 0 bridgehead atoms. The van der Waals surface area contributed by atoms with E-state index in [-0.39, 0.29) is 41.8 Å². The van der Waals surface area contributed by atoms with Gasteiger partial charge in [0.2, 0.25) is 5.43 Å². The second-order valence-electron chi connectivity index (χ2n) is 5.59. The predicted octanol–water partition coefficient (Wildman–Crippen LogP) is 1.94. The van der Waals surface area contributed by atoms with Gasteiger partial charge in [0.15, 0.2) is 11.6 Å². The summed E-state index contributed by atoms with van der Waals surface area (Å²) >= 11 is 0. The van der Waals surface area contributed by atoms with Crippen molar-refractivity contribution in [1.29, 1.82) is 0 Å². The summed E-state index contributed by atoms with van der Waals surface area (Å²) in [6.07, 6.45) is 1.53. The Morgan fingerprint density at radius 2 is 2.04 bits per heavy atom. The number of halogens is 2. The summed E-state index contributed by atoms with van der Waals surface area (Å²) in [5, 5.41) is 1.67. The number of benzene rings is 1. The van der Waals surface area contributed by atoms with E-state index in [9.17, 15) is 18.4 Å². The van der Waals surface area contributed by atoms with Crippen molar-refractivity contribution in [1.82, 2.24) is 4.68 Å². The highest BCUT2D eigenvalue weighted by Gasteiger charge is 2.27. The van der Waals surface area contributed by atoms with Crippen LogP contribution in [0.4, 0.5) is 8.78 Å². The lowest BCUT2D eigenvalue weighted by Gasteiger charge is -2.33. The van der Waals surface area contributed by atoms with Crippen molar-refractivity contribution in [3.63, 3.8) is 0 Å². The molecule has 0 N–H and O–H groups in total. The zero-order valence-electron chi connectivity index (χ0n) is 14.0. The van der Waals surface area contributed by atoms with Gasteiger partial charge in [-0.05, 0) is 26.3 Å². The molecule has 8 heteroatoms. The summed E-state index contributed by atoms with van der Waals surface area (Å²) in [5.41, 5.74) is -0.532. The Balaban J connectivity index is 2.30. The zero-order chi connectivity index (χ0) is 18.1. The molecule has 1 aromatic carbocycles. The molecule has 25 heavy (non-hydrogen) atoms. The van der Waals surface area contributed by atoms with Gasteiger partial charge in [0.25, 0.3) is 0 Å². The molecule has 3 rings (SSSR count). The molecule has 2 heterocycles. The number of ether oxygens (including phenoxy) is 2. The van der Waals surface area contributed by atoms with E-state index in [0.29, 0.717) is 13.2 Å². The third-order valence-electron chi connectivity index (χ3n) is 4.12. The summed E-state index contributed by atoms with van der Waals surface area (Å²) in [5.74, 6) is -2.88. The van der Waals surface area contributed by atoms with Crippen LogP contribution in [0.3, 0.4) is 0 Å². The molecule has 1 aliphatic rings. The highest BCUT2D eigenvalue weighted by molar-refractivity contribution is 5.95. The van der Waals surface area contributed by atoms with E-state index in [2.05, 4.69) is 0 Å². The van der Waals surface area contributed by atoms with E-state index in [1.54, 1.807) is 11.9 Å². The Labute approximate surface area is 142 Å². The first-order chi connectivity index (χ1) is 12.0. The van der Waals surface area contributed by atoms with Crippen molar-refractivity contribution < 1.29 is 23.0 Å². The number of carbonyl (C=O) groups is 1. The van der Waals surface area contributed by atoms with Crippen molar-refractivity contribution in [2.45, 2.75) is 20.3 Å². The molecule has 0 atom stereocenters. The smallest absolute Gasteiger partial charge is 0.343 e. The fraction of sp³-hybridized carbons (Fsp3) is 0.412. The molecule has 2 aromatic rings. The number of nitrogens with zero attached hydrogens (tertiary/aromatic N) is 2. The minimum atomic E-state index is -1.11. The number of rotatable bonds is 5. The van der Waals surface area contributed by atoms with Gasteiger partial charge in [-0.1, -0.05) is 0 Å². The van der Waals surface area contributed by atoms with Crippen molar-refractivity contribution in [3.05, 3.63) is 45.2 Å². The monoisotopic (exact) mass is 352 g/mol. The minimum Gasteiger partial charge on any atom is -0.462 e. The molecule has 1 aliphatic heterocycles. The van der Waals surface area contributed by atoms with E-state index < -0.39 is 23.0 Å². The van der Waals surface area contributed by atoms with Crippen LogP contribution in [0.15, 0.2) is 17.1 Å². The molecule has 0 amide bonds. The Morgan fingerprint density at radius 1 is 1.28 bits per heavy atom. The van der Waals surface area contributed by atoms with Gasteiger partial charge in [-0.3, -0.25) is 14.5 Å². The van der Waals surface area contributed by atoms with Crippen LogP contribution >= 0.6 is 0 Å². The quantitative estimate of drug-likeness (QED) is 0.770. The van der Waals surface area contributed by atoms with E-state index in [1.807, 2.05) is 6.92 Å². The van der Waals surface area contributed by atoms with Gasteiger partial charge < -0.3 is 9.47 Å². The number of pyridine rings is 1. The van der Waals surface area contributed by atoms with Gasteiger partial charge in [-0.25, -0.2) is 13.6 Å². The summed E-state index contributed by atoms with van der Waals surface area (Å²) in [7, 11) is 0. The second-order valence-corrected chi connectivity index (χ2v) is 5.59. The SMILES string of the molecule is CCOCN1CCc2c(F)c(F)cc3c(=O)c(C(=O)OCC)cn1c23. The standard InChI is InChI=1S/C17H18F2N2O4/c1-3-24-9-20-6-5-10-14(19)13(18)7-11-15(10)21(20)8-12(16(11)22)17(23)25-4-2/h7-8H,3-6,9H2,1-2H3. The molecule has 0 unspecified atom stereocenters. The van der Waals surface area contributed by atoms with E-state index in [1.165, 1.54) is 10.9 Å². The fourth-order valence-corrected chi connectivity index (χ4v) is 2.97. The molecule has 0 saturated carbocycles. The Bertz CT molecular complexity index is 895. The maximum absolute atomic E-state index is 14.2. The van der Waals surface area contributed by atoms with Crippen LogP contribution in [0, 0.1) is 11.6 Å². The zero-order valence-corrected chi connectivity index (χ0v) is 14.0. The van der Waals surface area contributed by atoms with E-state index in [0.717, 1.165) is 6.07 Å². The second kappa shape index (κ2) is 6.79. The van der Waals surface area contributed by atoms with Crippen LogP contribution in [-0.2, 0) is 15.9 Å². The van der Waals surface area contributed by atoms with Gasteiger partial charge in [-0.15, -0.1) is 0 Å². The largest absolute Gasteiger partial charge is 0.462 e.